The van der Waals surface area contributed by atoms with Gasteiger partial charge in [-0.05, 0) is 29.8 Å². The van der Waals surface area contributed by atoms with E-state index in [4.69, 9.17) is 0 Å². The van der Waals surface area contributed by atoms with Crippen molar-refractivity contribution >= 4 is 21.7 Å². The van der Waals surface area contributed by atoms with Crippen molar-refractivity contribution in [3.05, 3.63) is 78.0 Å². The minimum atomic E-state index is -3.55. The molecule has 1 N–H and O–H groups in total. The van der Waals surface area contributed by atoms with Crippen LogP contribution in [0.5, 0.6) is 0 Å². The number of sulfonamides is 1. The molecule has 0 atom stereocenters. The van der Waals surface area contributed by atoms with E-state index in [1.807, 2.05) is 30.3 Å². The van der Waals surface area contributed by atoms with Crippen molar-refractivity contribution in [1.82, 2.24) is 14.1 Å². The van der Waals surface area contributed by atoms with Gasteiger partial charge in [-0.2, -0.15) is 9.40 Å². The van der Waals surface area contributed by atoms with Gasteiger partial charge in [-0.25, -0.2) is 13.1 Å². The molecular formula is C21H24N4O3S. The maximum absolute atomic E-state index is 12.6. The second-order valence-electron chi connectivity index (χ2n) is 6.43. The Morgan fingerprint density at radius 2 is 1.66 bits per heavy atom. The molecule has 2 aromatic carbocycles. The summed E-state index contributed by atoms with van der Waals surface area (Å²) in [6, 6.07) is 17.5. The van der Waals surface area contributed by atoms with Gasteiger partial charge in [-0.3, -0.25) is 4.79 Å². The largest absolute Gasteiger partial charge is 0.307 e. The highest BCUT2D eigenvalue weighted by atomic mass is 32.2. The lowest BCUT2D eigenvalue weighted by molar-refractivity contribution is 0.102. The van der Waals surface area contributed by atoms with Gasteiger partial charge in [0.2, 0.25) is 10.0 Å². The third kappa shape index (κ3) is 4.72. The van der Waals surface area contributed by atoms with Gasteiger partial charge >= 0.3 is 0 Å². The van der Waals surface area contributed by atoms with Gasteiger partial charge in [0.1, 0.15) is 5.82 Å². The number of rotatable bonds is 8. The van der Waals surface area contributed by atoms with E-state index in [1.54, 1.807) is 30.8 Å². The number of amides is 1. The zero-order valence-corrected chi connectivity index (χ0v) is 17.3. The first-order valence-electron chi connectivity index (χ1n) is 9.43. The van der Waals surface area contributed by atoms with Crippen LogP contribution >= 0.6 is 0 Å². The number of carbonyl (C=O) groups is 1. The molecule has 0 spiro atoms. The van der Waals surface area contributed by atoms with E-state index in [2.05, 4.69) is 10.4 Å². The van der Waals surface area contributed by atoms with Crippen molar-refractivity contribution in [3.8, 4) is 0 Å². The number of carbonyl (C=O) groups excluding carboxylic acids is 1. The lowest BCUT2D eigenvalue weighted by Gasteiger charge is -2.18. The Balaban J connectivity index is 1.73. The number of benzene rings is 2. The zero-order chi connectivity index (χ0) is 20.9. The molecular weight excluding hydrogens is 388 g/mol. The molecule has 3 aromatic rings. The van der Waals surface area contributed by atoms with E-state index in [-0.39, 0.29) is 10.8 Å². The summed E-state index contributed by atoms with van der Waals surface area (Å²) in [5.41, 5.74) is 1.44. The second-order valence-corrected chi connectivity index (χ2v) is 8.37. The van der Waals surface area contributed by atoms with Crippen LogP contribution in [0.25, 0.3) is 0 Å². The highest BCUT2D eigenvalue weighted by molar-refractivity contribution is 7.89. The summed E-state index contributed by atoms with van der Waals surface area (Å²) < 4.78 is 28.2. The summed E-state index contributed by atoms with van der Waals surface area (Å²) in [5, 5.41) is 7.09. The maximum Gasteiger partial charge on any atom is 0.256 e. The monoisotopic (exact) mass is 412 g/mol. The van der Waals surface area contributed by atoms with Crippen LogP contribution < -0.4 is 5.32 Å². The Kier molecular flexibility index (Phi) is 6.46. The molecule has 8 heteroatoms. The quantitative estimate of drug-likeness (QED) is 0.616. The number of hydrogen-bond donors (Lipinski definition) is 1. The lowest BCUT2D eigenvalue weighted by Crippen LogP contribution is -2.30. The topological polar surface area (TPSA) is 84.3 Å². The maximum atomic E-state index is 12.6. The molecule has 7 nitrogen and oxygen atoms in total. The number of hydrogen-bond acceptors (Lipinski definition) is 4. The fourth-order valence-corrected chi connectivity index (χ4v) is 4.46. The van der Waals surface area contributed by atoms with Gasteiger partial charge in [0.25, 0.3) is 5.91 Å². The number of anilines is 1. The first-order valence-corrected chi connectivity index (χ1v) is 10.9. The number of nitrogens with one attached hydrogen (secondary N) is 1. The molecule has 0 unspecified atom stereocenters. The second kappa shape index (κ2) is 9.02. The van der Waals surface area contributed by atoms with Crippen LogP contribution in [0.3, 0.4) is 0 Å². The predicted octanol–water partition coefficient (Wildman–Crippen LogP) is 3.21. The molecule has 1 heterocycles. The fourth-order valence-electron chi connectivity index (χ4n) is 3.00. The zero-order valence-electron chi connectivity index (χ0n) is 16.4. The number of aromatic nitrogens is 2. The van der Waals surface area contributed by atoms with Crippen LogP contribution in [0.4, 0.5) is 5.82 Å². The third-order valence-corrected chi connectivity index (χ3v) is 6.66. The molecule has 152 valence electrons. The van der Waals surface area contributed by atoms with Crippen LogP contribution in [0, 0.1) is 0 Å². The molecule has 0 aliphatic carbocycles. The van der Waals surface area contributed by atoms with Gasteiger partial charge in [0.15, 0.2) is 0 Å². The Morgan fingerprint density at radius 1 is 1.00 bits per heavy atom. The Bertz CT molecular complexity index is 1060. The number of nitrogens with zero attached hydrogens (tertiary/aromatic N) is 3. The average molecular weight is 413 g/mol. The van der Waals surface area contributed by atoms with E-state index < -0.39 is 10.0 Å². The minimum Gasteiger partial charge on any atom is -0.307 e. The standard InChI is InChI=1S/C21H24N4O3S/c1-3-24(4-2)29(27,28)19-12-10-18(11-13-19)21(26)23-20-14-15-22-25(20)16-17-8-6-5-7-9-17/h5-15H,3-4,16H2,1-2H3,(H,23,26). The van der Waals surface area contributed by atoms with Crippen LogP contribution in [0.1, 0.15) is 29.8 Å². The molecule has 0 saturated heterocycles. The Hall–Kier alpha value is -2.97. The van der Waals surface area contributed by atoms with Crippen molar-refractivity contribution in [2.24, 2.45) is 0 Å². The summed E-state index contributed by atoms with van der Waals surface area (Å²) in [5.74, 6) is 0.241. The summed E-state index contributed by atoms with van der Waals surface area (Å²) >= 11 is 0. The van der Waals surface area contributed by atoms with Gasteiger partial charge in [0.05, 0.1) is 17.6 Å². The molecule has 1 amide bonds. The van der Waals surface area contributed by atoms with Crippen molar-refractivity contribution in [1.29, 1.82) is 0 Å². The van der Waals surface area contributed by atoms with E-state index in [0.717, 1.165) is 5.56 Å². The van der Waals surface area contributed by atoms with Gasteiger partial charge in [0, 0.05) is 24.7 Å². The lowest BCUT2D eigenvalue weighted by atomic mass is 10.2. The molecule has 0 saturated carbocycles. The first kappa shape index (κ1) is 20.8. The SMILES string of the molecule is CCN(CC)S(=O)(=O)c1ccc(C(=O)Nc2ccnn2Cc2ccccc2)cc1. The summed E-state index contributed by atoms with van der Waals surface area (Å²) in [6.45, 7) is 4.91. The molecule has 29 heavy (non-hydrogen) atoms. The molecule has 0 radical (unpaired) electrons. The molecule has 0 fully saturated rings. The molecule has 0 bridgehead atoms. The highest BCUT2D eigenvalue weighted by Crippen LogP contribution is 2.17. The first-order chi connectivity index (χ1) is 14.0. The normalized spacial score (nSPS) is 11.6. The Morgan fingerprint density at radius 3 is 2.28 bits per heavy atom. The van der Waals surface area contributed by atoms with Crippen LogP contribution in [0.15, 0.2) is 71.8 Å². The van der Waals surface area contributed by atoms with Gasteiger partial charge < -0.3 is 5.32 Å². The predicted molar refractivity (Wildman–Crippen MR) is 112 cm³/mol. The van der Waals surface area contributed by atoms with Crippen molar-refractivity contribution in [2.75, 3.05) is 18.4 Å². The van der Waals surface area contributed by atoms with E-state index >= 15 is 0 Å². The van der Waals surface area contributed by atoms with Gasteiger partial charge in [-0.1, -0.05) is 44.2 Å². The molecule has 0 aliphatic heterocycles. The van der Waals surface area contributed by atoms with Gasteiger partial charge in [-0.15, -0.1) is 0 Å². The van der Waals surface area contributed by atoms with Crippen molar-refractivity contribution < 1.29 is 13.2 Å². The van der Waals surface area contributed by atoms with Crippen molar-refractivity contribution in [2.45, 2.75) is 25.3 Å². The molecule has 3 rings (SSSR count). The smallest absolute Gasteiger partial charge is 0.256 e. The van der Waals surface area contributed by atoms with E-state index in [0.29, 0.717) is 31.0 Å². The highest BCUT2D eigenvalue weighted by Gasteiger charge is 2.21. The van der Waals surface area contributed by atoms with E-state index in [1.165, 1.54) is 28.6 Å². The molecule has 0 aliphatic rings. The van der Waals surface area contributed by atoms with E-state index in [9.17, 15) is 13.2 Å². The fraction of sp³-hybridized carbons (Fsp3) is 0.238. The third-order valence-electron chi connectivity index (χ3n) is 4.59. The van der Waals surface area contributed by atoms with Crippen LogP contribution in [-0.4, -0.2) is 41.5 Å². The Labute approximate surface area is 171 Å². The summed E-state index contributed by atoms with van der Waals surface area (Å²) in [4.78, 5) is 12.8. The summed E-state index contributed by atoms with van der Waals surface area (Å²) in [6.07, 6.45) is 1.62. The minimum absolute atomic E-state index is 0.173. The van der Waals surface area contributed by atoms with Crippen LogP contribution in [-0.2, 0) is 16.6 Å². The average Bonchev–Trinajstić information content (AvgIpc) is 3.16. The molecule has 1 aromatic heterocycles. The van der Waals surface area contributed by atoms with Crippen molar-refractivity contribution in [3.63, 3.8) is 0 Å². The van der Waals surface area contributed by atoms with Crippen LogP contribution in [0.2, 0.25) is 0 Å². The summed E-state index contributed by atoms with van der Waals surface area (Å²) in [7, 11) is -3.55.